The van der Waals surface area contributed by atoms with Crippen molar-refractivity contribution in [1.29, 1.82) is 0 Å². The minimum atomic E-state index is -4.25. The number of esters is 1. The number of rotatable bonds is 5. The predicted octanol–water partition coefficient (Wildman–Crippen LogP) is 1.10. The third kappa shape index (κ3) is 3.15. The van der Waals surface area contributed by atoms with Crippen LogP contribution in [0.4, 0.5) is 0 Å². The molecule has 3 aromatic rings. The van der Waals surface area contributed by atoms with Crippen molar-refractivity contribution in [3.05, 3.63) is 60.2 Å². The smallest absolute Gasteiger partial charge is 0.340 e. The number of para-hydroxylation sites is 1. The fourth-order valence-electron chi connectivity index (χ4n) is 2.81. The topological polar surface area (TPSA) is 124 Å². The van der Waals surface area contributed by atoms with Crippen LogP contribution in [0, 0.1) is 0 Å². The first kappa shape index (κ1) is 19.1. The normalized spacial score (nSPS) is 15.8. The second kappa shape index (κ2) is 7.29. The van der Waals surface area contributed by atoms with Crippen molar-refractivity contribution in [2.24, 2.45) is 0 Å². The minimum absolute atomic E-state index is 0.00958. The summed E-state index contributed by atoms with van der Waals surface area (Å²) in [6.07, 6.45) is 0. The lowest BCUT2D eigenvalue weighted by Gasteiger charge is -2.23. The van der Waals surface area contributed by atoms with Gasteiger partial charge < -0.3 is 4.74 Å². The Labute approximate surface area is 169 Å². The highest BCUT2D eigenvalue weighted by molar-refractivity contribution is 8.01. The summed E-state index contributed by atoms with van der Waals surface area (Å²) in [5.74, 6) is -1.75. The molecule has 0 aliphatic carbocycles. The van der Waals surface area contributed by atoms with E-state index in [0.29, 0.717) is 21.8 Å². The first-order chi connectivity index (χ1) is 13.9. The Morgan fingerprint density at radius 2 is 1.79 bits per heavy atom. The fraction of sp³-hybridized carbons (Fsp3) is 0.118. The van der Waals surface area contributed by atoms with Gasteiger partial charge in [-0.2, -0.15) is 4.68 Å². The van der Waals surface area contributed by atoms with Crippen LogP contribution in [0.3, 0.4) is 0 Å². The Hall–Kier alpha value is -3.25. The molecule has 1 aliphatic rings. The SMILES string of the molecule is COC(=O)C(Sc1nnnn1-c1ccccc1)N1C(=O)c2ccccc2S1(=O)=O. The van der Waals surface area contributed by atoms with Gasteiger partial charge in [0.25, 0.3) is 15.9 Å². The summed E-state index contributed by atoms with van der Waals surface area (Å²) in [5.41, 5.74) is 0.590. The predicted molar refractivity (Wildman–Crippen MR) is 101 cm³/mol. The highest BCUT2D eigenvalue weighted by atomic mass is 32.2. The molecule has 1 atom stereocenters. The van der Waals surface area contributed by atoms with Crippen LogP contribution < -0.4 is 0 Å². The number of hydrogen-bond acceptors (Lipinski definition) is 9. The number of tetrazole rings is 1. The van der Waals surface area contributed by atoms with Crippen molar-refractivity contribution < 1.29 is 22.7 Å². The van der Waals surface area contributed by atoms with E-state index in [4.69, 9.17) is 4.74 Å². The maximum absolute atomic E-state index is 13.0. The Morgan fingerprint density at radius 1 is 1.10 bits per heavy atom. The van der Waals surface area contributed by atoms with Crippen LogP contribution in [0.2, 0.25) is 0 Å². The van der Waals surface area contributed by atoms with Crippen molar-refractivity contribution in [1.82, 2.24) is 24.5 Å². The number of methoxy groups -OCH3 is 1. The maximum Gasteiger partial charge on any atom is 0.340 e. The molecule has 4 rings (SSSR count). The molecule has 29 heavy (non-hydrogen) atoms. The van der Waals surface area contributed by atoms with Gasteiger partial charge in [0.05, 0.1) is 18.4 Å². The maximum atomic E-state index is 13.0. The highest BCUT2D eigenvalue weighted by Crippen LogP contribution is 2.37. The molecule has 0 saturated carbocycles. The second-order valence-electron chi connectivity index (χ2n) is 5.80. The molecule has 2 heterocycles. The number of benzene rings is 2. The van der Waals surface area contributed by atoms with Gasteiger partial charge in [-0.25, -0.2) is 17.5 Å². The zero-order valence-electron chi connectivity index (χ0n) is 14.9. The van der Waals surface area contributed by atoms with Crippen molar-refractivity contribution in [3.63, 3.8) is 0 Å². The van der Waals surface area contributed by atoms with E-state index in [1.807, 2.05) is 6.07 Å². The molecule has 0 spiro atoms. The van der Waals surface area contributed by atoms with Gasteiger partial charge in [0, 0.05) is 0 Å². The summed E-state index contributed by atoms with van der Waals surface area (Å²) in [5, 5.41) is 9.91. The number of hydrogen-bond donors (Lipinski definition) is 0. The van der Waals surface area contributed by atoms with E-state index in [9.17, 15) is 18.0 Å². The Bertz CT molecular complexity index is 1200. The summed E-state index contributed by atoms with van der Waals surface area (Å²) in [6.45, 7) is 0. The molecule has 0 N–H and O–H groups in total. The Morgan fingerprint density at radius 3 is 2.48 bits per heavy atom. The molecule has 1 amide bonds. The summed E-state index contributed by atoms with van der Waals surface area (Å²) >= 11 is 0.702. The average molecular weight is 431 g/mol. The third-order valence-corrected chi connectivity index (χ3v) is 7.16. The van der Waals surface area contributed by atoms with Crippen LogP contribution in [0.1, 0.15) is 10.4 Å². The molecule has 0 saturated heterocycles. The van der Waals surface area contributed by atoms with Crippen LogP contribution >= 0.6 is 11.8 Å². The van der Waals surface area contributed by atoms with Crippen molar-refractivity contribution in [2.75, 3.05) is 7.11 Å². The first-order valence-corrected chi connectivity index (χ1v) is 10.5. The van der Waals surface area contributed by atoms with Crippen LogP contribution in [0.25, 0.3) is 5.69 Å². The molecule has 10 nitrogen and oxygen atoms in total. The fourth-order valence-corrected chi connectivity index (χ4v) is 5.74. The molecule has 0 bridgehead atoms. The van der Waals surface area contributed by atoms with Gasteiger partial charge in [-0.1, -0.05) is 30.3 Å². The van der Waals surface area contributed by atoms with Crippen molar-refractivity contribution in [3.8, 4) is 5.69 Å². The van der Waals surface area contributed by atoms with Gasteiger partial charge in [0.15, 0.2) is 5.37 Å². The number of amides is 1. The lowest BCUT2D eigenvalue weighted by Crippen LogP contribution is -2.43. The number of fused-ring (bicyclic) bond motifs is 1. The Balaban J connectivity index is 1.76. The second-order valence-corrected chi connectivity index (χ2v) is 8.64. The molecule has 1 aromatic heterocycles. The van der Waals surface area contributed by atoms with Gasteiger partial charge in [0.1, 0.15) is 4.90 Å². The number of aromatic nitrogens is 4. The molecule has 1 unspecified atom stereocenters. The number of thioether (sulfide) groups is 1. The molecule has 0 radical (unpaired) electrons. The number of carbonyl (C=O) groups excluding carboxylic acids is 2. The van der Waals surface area contributed by atoms with E-state index >= 15 is 0 Å². The van der Waals surface area contributed by atoms with Crippen LogP contribution in [-0.2, 0) is 19.6 Å². The van der Waals surface area contributed by atoms with Gasteiger partial charge >= 0.3 is 5.97 Å². The third-order valence-electron chi connectivity index (χ3n) is 4.13. The minimum Gasteiger partial charge on any atom is -0.467 e. The summed E-state index contributed by atoms with van der Waals surface area (Å²) in [6, 6.07) is 14.6. The number of ether oxygens (including phenoxy) is 1. The molecular weight excluding hydrogens is 418 g/mol. The molecule has 1 aliphatic heterocycles. The zero-order valence-corrected chi connectivity index (χ0v) is 16.5. The molecule has 0 fully saturated rings. The van der Waals surface area contributed by atoms with Gasteiger partial charge in [-0.05, 0) is 46.5 Å². The van der Waals surface area contributed by atoms with Gasteiger partial charge in [-0.15, -0.1) is 5.10 Å². The lowest BCUT2D eigenvalue weighted by molar-refractivity contribution is -0.141. The Kier molecular flexibility index (Phi) is 4.80. The van der Waals surface area contributed by atoms with Gasteiger partial charge in [-0.3, -0.25) is 4.79 Å². The monoisotopic (exact) mass is 431 g/mol. The lowest BCUT2D eigenvalue weighted by atomic mass is 10.2. The number of nitrogens with zero attached hydrogens (tertiary/aromatic N) is 5. The number of carbonyl (C=O) groups is 2. The van der Waals surface area contributed by atoms with Crippen LogP contribution in [0.15, 0.2) is 64.6 Å². The van der Waals surface area contributed by atoms with E-state index in [2.05, 4.69) is 15.5 Å². The summed E-state index contributed by atoms with van der Waals surface area (Å²) in [4.78, 5) is 25.1. The largest absolute Gasteiger partial charge is 0.467 e. The van der Waals surface area contributed by atoms with E-state index in [-0.39, 0.29) is 15.6 Å². The molecule has 2 aromatic carbocycles. The number of sulfonamides is 1. The average Bonchev–Trinajstić information content (AvgIpc) is 3.28. The van der Waals surface area contributed by atoms with E-state index in [1.54, 1.807) is 30.3 Å². The van der Waals surface area contributed by atoms with E-state index in [1.165, 1.54) is 22.9 Å². The van der Waals surface area contributed by atoms with E-state index < -0.39 is 27.3 Å². The van der Waals surface area contributed by atoms with Crippen LogP contribution in [-0.4, -0.2) is 57.3 Å². The van der Waals surface area contributed by atoms with Crippen molar-refractivity contribution >= 4 is 33.7 Å². The first-order valence-electron chi connectivity index (χ1n) is 8.21. The molecule has 12 heteroatoms. The van der Waals surface area contributed by atoms with Crippen molar-refractivity contribution in [2.45, 2.75) is 15.4 Å². The highest BCUT2D eigenvalue weighted by Gasteiger charge is 2.49. The van der Waals surface area contributed by atoms with Gasteiger partial charge in [0.2, 0.25) is 5.16 Å². The quantitative estimate of drug-likeness (QED) is 0.431. The standard InChI is InChI=1S/C17H13N5O5S2/c1-27-16(24)15(22-14(23)12-9-5-6-10-13(12)29(22,25)26)28-17-18-19-20-21(17)11-7-3-2-4-8-11/h2-10,15H,1H3. The molecule has 148 valence electrons. The van der Waals surface area contributed by atoms with E-state index in [0.717, 1.165) is 7.11 Å². The summed E-state index contributed by atoms with van der Waals surface area (Å²) < 4.78 is 32.5. The zero-order chi connectivity index (χ0) is 20.6. The molecular formula is C17H13N5O5S2. The van der Waals surface area contributed by atoms with Crippen LogP contribution in [0.5, 0.6) is 0 Å². The summed E-state index contributed by atoms with van der Waals surface area (Å²) in [7, 11) is -3.14.